The highest BCUT2D eigenvalue weighted by atomic mass is 32.1. The number of hydrogen-bond donors (Lipinski definition) is 2. The third kappa shape index (κ3) is 3.82. The maximum Gasteiger partial charge on any atom is 0.241 e. The van der Waals surface area contributed by atoms with E-state index in [2.05, 4.69) is 41.1 Å². The van der Waals surface area contributed by atoms with Gasteiger partial charge in [0.15, 0.2) is 10.3 Å². The number of amides is 1. The van der Waals surface area contributed by atoms with Crippen molar-refractivity contribution in [3.63, 3.8) is 0 Å². The molecule has 0 spiro atoms. The molecule has 6 nitrogen and oxygen atoms in total. The molecular weight excluding hydrogens is 422 g/mol. The number of rotatable bonds is 6. The lowest BCUT2D eigenvalue weighted by Crippen LogP contribution is -2.32. The summed E-state index contributed by atoms with van der Waals surface area (Å²) in [6.07, 6.45) is 2.22. The summed E-state index contributed by atoms with van der Waals surface area (Å²) in [5, 5.41) is 10.5. The second-order valence-electron chi connectivity index (χ2n) is 7.11. The lowest BCUT2D eigenvalue weighted by Gasteiger charge is -2.14. The van der Waals surface area contributed by atoms with Crippen molar-refractivity contribution < 1.29 is 4.79 Å². The first-order valence-corrected chi connectivity index (χ1v) is 12.2. The molecule has 0 unspecified atom stereocenters. The third-order valence-electron chi connectivity index (χ3n) is 5.12. The van der Waals surface area contributed by atoms with Gasteiger partial charge in [0.2, 0.25) is 5.91 Å². The van der Waals surface area contributed by atoms with Crippen molar-refractivity contribution in [1.82, 2.24) is 14.9 Å². The van der Waals surface area contributed by atoms with Gasteiger partial charge in [0, 0.05) is 23.5 Å². The number of likely N-dealkylation sites (tertiary alicyclic amines) is 1. The molecule has 5 rings (SSSR count). The zero-order chi connectivity index (χ0) is 19.8. The number of aryl methyl sites for hydroxylation is 1. The van der Waals surface area contributed by atoms with Gasteiger partial charge in [-0.3, -0.25) is 4.79 Å². The molecule has 0 atom stereocenters. The van der Waals surface area contributed by atoms with Gasteiger partial charge in [-0.05, 0) is 37.3 Å². The fraction of sp³-hybridized carbons (Fsp3) is 0.350. The molecule has 0 saturated carbocycles. The minimum absolute atomic E-state index is 0.155. The maximum atomic E-state index is 12.3. The number of fused-ring (bicyclic) bond motifs is 2. The number of thiazole rings is 2. The van der Waals surface area contributed by atoms with Crippen LogP contribution in [0.1, 0.15) is 23.3 Å². The molecule has 1 aliphatic rings. The average molecular weight is 444 g/mol. The van der Waals surface area contributed by atoms with Crippen LogP contribution < -0.4 is 10.6 Å². The molecule has 4 aromatic rings. The highest BCUT2D eigenvalue weighted by molar-refractivity contribution is 7.24. The van der Waals surface area contributed by atoms with Gasteiger partial charge in [-0.25, -0.2) is 9.97 Å². The van der Waals surface area contributed by atoms with Gasteiger partial charge in [0.1, 0.15) is 0 Å². The molecule has 1 fully saturated rings. The number of carbonyl (C=O) groups is 1. The molecular formula is C20H21N5OS3. The predicted molar refractivity (Wildman–Crippen MR) is 123 cm³/mol. The first-order chi connectivity index (χ1) is 14.2. The van der Waals surface area contributed by atoms with Crippen molar-refractivity contribution in [2.24, 2.45) is 0 Å². The Morgan fingerprint density at radius 2 is 1.79 bits per heavy atom. The number of thiophene rings is 1. The molecule has 1 amide bonds. The van der Waals surface area contributed by atoms with Gasteiger partial charge in [0.25, 0.3) is 0 Å². The molecule has 2 N–H and O–H groups in total. The largest absolute Gasteiger partial charge is 0.357 e. The Bertz CT molecular complexity index is 1160. The van der Waals surface area contributed by atoms with E-state index in [0.717, 1.165) is 68.7 Å². The number of aromatic nitrogens is 2. The average Bonchev–Trinajstić information content (AvgIpc) is 3.51. The van der Waals surface area contributed by atoms with E-state index in [9.17, 15) is 4.79 Å². The van der Waals surface area contributed by atoms with Crippen LogP contribution in [-0.2, 0) is 11.3 Å². The molecule has 9 heteroatoms. The fourth-order valence-corrected chi connectivity index (χ4v) is 6.23. The van der Waals surface area contributed by atoms with Crippen LogP contribution in [-0.4, -0.2) is 40.4 Å². The highest BCUT2D eigenvalue weighted by Crippen LogP contribution is 2.37. The molecule has 0 radical (unpaired) electrons. The van der Waals surface area contributed by atoms with Crippen molar-refractivity contribution in [3.05, 3.63) is 34.0 Å². The second-order valence-corrected chi connectivity index (χ2v) is 10.2. The maximum absolute atomic E-state index is 12.3. The van der Waals surface area contributed by atoms with Crippen LogP contribution in [0.5, 0.6) is 0 Å². The SMILES string of the molecule is Cc1c2nc(NCC(=O)N3CCCC3)sc2cc2sc(NCc3cccs3)nc12. The monoisotopic (exact) mass is 443 g/mol. The number of hydrogen-bond acceptors (Lipinski definition) is 8. The minimum Gasteiger partial charge on any atom is -0.357 e. The first kappa shape index (κ1) is 18.8. The Kier molecular flexibility index (Phi) is 5.11. The van der Waals surface area contributed by atoms with E-state index in [1.807, 2.05) is 4.90 Å². The van der Waals surface area contributed by atoms with Gasteiger partial charge in [-0.1, -0.05) is 28.7 Å². The lowest BCUT2D eigenvalue weighted by molar-refractivity contribution is -0.128. The smallest absolute Gasteiger partial charge is 0.241 e. The van der Waals surface area contributed by atoms with Crippen LogP contribution in [0.4, 0.5) is 10.3 Å². The van der Waals surface area contributed by atoms with E-state index in [4.69, 9.17) is 9.97 Å². The summed E-state index contributed by atoms with van der Waals surface area (Å²) in [6.45, 7) is 4.94. The molecule has 3 aromatic heterocycles. The Morgan fingerprint density at radius 3 is 2.45 bits per heavy atom. The Morgan fingerprint density at radius 1 is 1.10 bits per heavy atom. The normalized spacial score (nSPS) is 14.2. The van der Waals surface area contributed by atoms with E-state index in [1.54, 1.807) is 34.0 Å². The van der Waals surface area contributed by atoms with Crippen LogP contribution >= 0.6 is 34.0 Å². The third-order valence-corrected chi connectivity index (χ3v) is 7.92. The van der Waals surface area contributed by atoms with E-state index in [1.165, 1.54) is 4.88 Å². The zero-order valence-corrected chi connectivity index (χ0v) is 18.5. The quantitative estimate of drug-likeness (QED) is 0.442. The van der Waals surface area contributed by atoms with Gasteiger partial charge >= 0.3 is 0 Å². The fourth-order valence-electron chi connectivity index (χ4n) is 3.58. The van der Waals surface area contributed by atoms with E-state index in [-0.39, 0.29) is 5.91 Å². The molecule has 1 saturated heterocycles. The molecule has 29 heavy (non-hydrogen) atoms. The highest BCUT2D eigenvalue weighted by Gasteiger charge is 2.18. The summed E-state index contributed by atoms with van der Waals surface area (Å²) in [6, 6.07) is 6.35. The zero-order valence-electron chi connectivity index (χ0n) is 16.0. The molecule has 1 aliphatic heterocycles. The Hall–Kier alpha value is -2.23. The van der Waals surface area contributed by atoms with E-state index in [0.29, 0.717) is 6.54 Å². The van der Waals surface area contributed by atoms with Crippen LogP contribution in [0, 0.1) is 6.92 Å². The van der Waals surface area contributed by atoms with Crippen molar-refractivity contribution in [2.75, 3.05) is 30.3 Å². The van der Waals surface area contributed by atoms with Crippen LogP contribution in [0.3, 0.4) is 0 Å². The van der Waals surface area contributed by atoms with Crippen LogP contribution in [0.25, 0.3) is 20.4 Å². The molecule has 1 aromatic carbocycles. The number of nitrogens with one attached hydrogen (secondary N) is 2. The van der Waals surface area contributed by atoms with Gasteiger partial charge in [-0.2, -0.15) is 0 Å². The number of anilines is 2. The molecule has 4 heterocycles. The van der Waals surface area contributed by atoms with Crippen molar-refractivity contribution in [1.29, 1.82) is 0 Å². The molecule has 0 aliphatic carbocycles. The van der Waals surface area contributed by atoms with Crippen LogP contribution in [0.15, 0.2) is 23.6 Å². The van der Waals surface area contributed by atoms with E-state index >= 15 is 0 Å². The Labute approximate surface area is 180 Å². The lowest BCUT2D eigenvalue weighted by atomic mass is 10.2. The second kappa shape index (κ2) is 7.89. The van der Waals surface area contributed by atoms with Crippen molar-refractivity contribution in [3.8, 4) is 0 Å². The topological polar surface area (TPSA) is 70.2 Å². The van der Waals surface area contributed by atoms with E-state index < -0.39 is 0 Å². The van der Waals surface area contributed by atoms with Crippen molar-refractivity contribution >= 4 is 70.6 Å². The summed E-state index contributed by atoms with van der Waals surface area (Å²) < 4.78 is 2.28. The summed E-state index contributed by atoms with van der Waals surface area (Å²) in [7, 11) is 0. The van der Waals surface area contributed by atoms with Gasteiger partial charge in [-0.15, -0.1) is 11.3 Å². The molecule has 150 valence electrons. The van der Waals surface area contributed by atoms with Crippen molar-refractivity contribution in [2.45, 2.75) is 26.3 Å². The number of benzene rings is 1. The standard InChI is InChI=1S/C20H21N5OS3/c1-12-17-14(28-19(23-17)21-10-13-5-4-8-27-13)9-15-18(12)24-20(29-15)22-11-16(26)25-6-2-3-7-25/h4-5,8-9H,2-3,6-7,10-11H2,1H3,(H,21,23)(H,22,24). The minimum atomic E-state index is 0.155. The Balaban J connectivity index is 1.34. The summed E-state index contributed by atoms with van der Waals surface area (Å²) in [4.78, 5) is 25.0. The first-order valence-electron chi connectivity index (χ1n) is 9.66. The number of nitrogens with zero attached hydrogens (tertiary/aromatic N) is 3. The summed E-state index contributed by atoms with van der Waals surface area (Å²) in [5.74, 6) is 0.155. The summed E-state index contributed by atoms with van der Waals surface area (Å²) >= 11 is 5.02. The van der Waals surface area contributed by atoms with Crippen LogP contribution in [0.2, 0.25) is 0 Å². The predicted octanol–water partition coefficient (Wildman–Crippen LogP) is 4.92. The summed E-state index contributed by atoms with van der Waals surface area (Å²) in [5.41, 5.74) is 3.06. The van der Waals surface area contributed by atoms with Gasteiger partial charge in [0.05, 0.1) is 33.5 Å². The van der Waals surface area contributed by atoms with Gasteiger partial charge < -0.3 is 15.5 Å². The molecule has 0 bridgehead atoms. The number of carbonyl (C=O) groups excluding carboxylic acids is 1.